The Morgan fingerprint density at radius 1 is 0.786 bits per heavy atom. The lowest BCUT2D eigenvalue weighted by Crippen LogP contribution is -1.92. The predicted molar refractivity (Wildman–Crippen MR) is 49.3 cm³/mol. The number of benzene rings is 1. The van der Waals surface area contributed by atoms with Crippen molar-refractivity contribution in [1.82, 2.24) is 0 Å². The summed E-state index contributed by atoms with van der Waals surface area (Å²) >= 11 is 0. The summed E-state index contributed by atoms with van der Waals surface area (Å²) in [6, 6.07) is 7.63. The Labute approximate surface area is 82.3 Å². The van der Waals surface area contributed by atoms with E-state index in [0.29, 0.717) is 13.6 Å². The van der Waals surface area contributed by atoms with E-state index >= 15 is 0 Å². The van der Waals surface area contributed by atoms with E-state index in [1.807, 2.05) is 24.3 Å². The van der Waals surface area contributed by atoms with Gasteiger partial charge in [0.05, 0.1) is 13.2 Å². The normalized spacial score (nSPS) is 17.4. The maximum absolute atomic E-state index is 5.08. The molecule has 0 aliphatic carbocycles. The van der Waals surface area contributed by atoms with Gasteiger partial charge in [0.15, 0.2) is 11.5 Å². The van der Waals surface area contributed by atoms with Crippen LogP contribution in [0.3, 0.4) is 0 Å². The highest BCUT2D eigenvalue weighted by atomic mass is 16.7. The zero-order chi connectivity index (χ0) is 9.64. The molecule has 0 bridgehead atoms. The number of para-hydroxylation sites is 2. The molecule has 0 atom stereocenters. The molecule has 0 unspecified atom stereocenters. The quantitative estimate of drug-likeness (QED) is 0.628. The van der Waals surface area contributed by atoms with Crippen LogP contribution in [0.15, 0.2) is 24.3 Å². The molecule has 3 rings (SSSR count). The fourth-order valence-electron chi connectivity index (χ4n) is 1.14. The van der Waals surface area contributed by atoms with E-state index in [0.717, 1.165) is 24.7 Å². The number of ether oxygens (including phenoxy) is 4. The van der Waals surface area contributed by atoms with Crippen molar-refractivity contribution in [3.8, 4) is 11.5 Å². The Kier molecular flexibility index (Phi) is 3.21. The molecular formula is C10H12O4. The van der Waals surface area contributed by atoms with Gasteiger partial charge in [-0.3, -0.25) is 0 Å². The van der Waals surface area contributed by atoms with Crippen molar-refractivity contribution in [1.29, 1.82) is 0 Å². The molecule has 2 aliphatic rings. The van der Waals surface area contributed by atoms with Gasteiger partial charge in [-0.05, 0) is 12.1 Å². The van der Waals surface area contributed by atoms with Gasteiger partial charge in [0.1, 0.15) is 6.79 Å². The van der Waals surface area contributed by atoms with Crippen LogP contribution in [0.5, 0.6) is 11.5 Å². The van der Waals surface area contributed by atoms with E-state index in [1.54, 1.807) is 0 Å². The molecule has 0 N–H and O–H groups in total. The summed E-state index contributed by atoms with van der Waals surface area (Å²) in [5.74, 6) is 1.69. The molecule has 1 saturated heterocycles. The van der Waals surface area contributed by atoms with Crippen LogP contribution < -0.4 is 9.47 Å². The number of fused-ring (bicyclic) bond motifs is 1. The molecule has 0 saturated carbocycles. The highest BCUT2D eigenvalue weighted by molar-refractivity contribution is 5.40. The topological polar surface area (TPSA) is 36.9 Å². The first-order valence-corrected chi connectivity index (χ1v) is 4.47. The van der Waals surface area contributed by atoms with E-state index in [2.05, 4.69) is 0 Å². The van der Waals surface area contributed by atoms with Crippen molar-refractivity contribution in [3.63, 3.8) is 0 Å². The first-order valence-electron chi connectivity index (χ1n) is 4.47. The van der Waals surface area contributed by atoms with Crippen LogP contribution in [-0.2, 0) is 9.47 Å². The van der Waals surface area contributed by atoms with Gasteiger partial charge in [0.2, 0.25) is 6.79 Å². The van der Waals surface area contributed by atoms with Crippen LogP contribution in [-0.4, -0.2) is 26.8 Å². The van der Waals surface area contributed by atoms with Crippen LogP contribution in [0.2, 0.25) is 0 Å². The lowest BCUT2D eigenvalue weighted by atomic mass is 10.3. The van der Waals surface area contributed by atoms with Crippen molar-refractivity contribution in [2.24, 2.45) is 0 Å². The number of hydrogen-bond donors (Lipinski definition) is 0. The van der Waals surface area contributed by atoms with Gasteiger partial charge >= 0.3 is 0 Å². The summed E-state index contributed by atoms with van der Waals surface area (Å²) in [5.41, 5.74) is 0. The third-order valence-corrected chi connectivity index (χ3v) is 1.82. The average Bonchev–Trinajstić information content (AvgIpc) is 2.92. The molecular weight excluding hydrogens is 184 g/mol. The molecule has 2 aliphatic heterocycles. The monoisotopic (exact) mass is 196 g/mol. The van der Waals surface area contributed by atoms with Crippen molar-refractivity contribution >= 4 is 0 Å². The molecule has 0 spiro atoms. The third kappa shape index (κ3) is 2.37. The van der Waals surface area contributed by atoms with E-state index in [9.17, 15) is 0 Å². The van der Waals surface area contributed by atoms with Gasteiger partial charge in [-0.15, -0.1) is 0 Å². The second-order valence-electron chi connectivity index (χ2n) is 2.79. The maximum Gasteiger partial charge on any atom is 0.231 e. The van der Waals surface area contributed by atoms with Crippen LogP contribution in [0.1, 0.15) is 0 Å². The molecule has 2 heterocycles. The van der Waals surface area contributed by atoms with Gasteiger partial charge in [0.25, 0.3) is 0 Å². The fraction of sp³-hybridized carbons (Fsp3) is 0.400. The first-order chi connectivity index (χ1) is 6.97. The van der Waals surface area contributed by atoms with Gasteiger partial charge < -0.3 is 18.9 Å². The standard InChI is InChI=1S/C7H6O2.C3H6O2/c1-2-4-7-6(3-1)8-5-9-7;1-2-5-3-4-1/h1-4H,5H2;1-3H2. The van der Waals surface area contributed by atoms with Crippen LogP contribution in [0.4, 0.5) is 0 Å². The third-order valence-electron chi connectivity index (χ3n) is 1.82. The van der Waals surface area contributed by atoms with Crippen LogP contribution >= 0.6 is 0 Å². The van der Waals surface area contributed by atoms with Crippen molar-refractivity contribution in [2.75, 3.05) is 26.8 Å². The molecule has 4 nitrogen and oxygen atoms in total. The summed E-state index contributed by atoms with van der Waals surface area (Å²) in [6.07, 6.45) is 0. The highest BCUT2D eigenvalue weighted by Crippen LogP contribution is 2.30. The minimum absolute atomic E-state index is 0.360. The molecule has 1 aromatic carbocycles. The summed E-state index contributed by atoms with van der Waals surface area (Å²) in [6.45, 7) is 2.42. The van der Waals surface area contributed by atoms with Crippen molar-refractivity contribution in [2.45, 2.75) is 0 Å². The smallest absolute Gasteiger partial charge is 0.231 e. The maximum atomic E-state index is 5.08. The minimum Gasteiger partial charge on any atom is -0.454 e. The molecule has 4 heteroatoms. The second kappa shape index (κ2) is 4.83. The highest BCUT2D eigenvalue weighted by Gasteiger charge is 2.09. The lowest BCUT2D eigenvalue weighted by Gasteiger charge is -1.89. The van der Waals surface area contributed by atoms with Crippen LogP contribution in [0.25, 0.3) is 0 Å². The summed E-state index contributed by atoms with van der Waals surface area (Å²) in [7, 11) is 0. The zero-order valence-corrected chi connectivity index (χ0v) is 7.77. The van der Waals surface area contributed by atoms with E-state index in [-0.39, 0.29) is 0 Å². The molecule has 76 valence electrons. The van der Waals surface area contributed by atoms with Crippen molar-refractivity contribution < 1.29 is 18.9 Å². The predicted octanol–water partition coefficient (Wildman–Crippen LogP) is 1.41. The van der Waals surface area contributed by atoms with Gasteiger partial charge in [-0.1, -0.05) is 12.1 Å². The Hall–Kier alpha value is -1.26. The van der Waals surface area contributed by atoms with Crippen molar-refractivity contribution in [3.05, 3.63) is 24.3 Å². The molecule has 14 heavy (non-hydrogen) atoms. The number of rotatable bonds is 0. The van der Waals surface area contributed by atoms with Crippen LogP contribution in [0, 0.1) is 0 Å². The van der Waals surface area contributed by atoms with E-state index < -0.39 is 0 Å². The molecule has 1 fully saturated rings. The molecule has 0 amide bonds. The van der Waals surface area contributed by atoms with E-state index in [4.69, 9.17) is 18.9 Å². The SMILES string of the molecule is C1COCO1.c1ccc2c(c1)OCO2. The van der Waals surface area contributed by atoms with E-state index in [1.165, 1.54) is 0 Å². The summed E-state index contributed by atoms with van der Waals surface area (Å²) < 4.78 is 19.6. The molecule has 0 aromatic heterocycles. The minimum atomic E-state index is 0.360. The second-order valence-corrected chi connectivity index (χ2v) is 2.79. The Morgan fingerprint density at radius 2 is 1.36 bits per heavy atom. The van der Waals surface area contributed by atoms with Gasteiger partial charge in [-0.25, -0.2) is 0 Å². The van der Waals surface area contributed by atoms with Gasteiger partial charge in [-0.2, -0.15) is 0 Å². The first kappa shape index (κ1) is 9.30. The van der Waals surface area contributed by atoms with Gasteiger partial charge in [0, 0.05) is 0 Å². The molecule has 0 radical (unpaired) electrons. The Balaban J connectivity index is 0.000000128. The molecule has 1 aromatic rings. The summed E-state index contributed by atoms with van der Waals surface area (Å²) in [5, 5.41) is 0. The lowest BCUT2D eigenvalue weighted by molar-refractivity contribution is 0.0692. The average molecular weight is 196 g/mol. The zero-order valence-electron chi connectivity index (χ0n) is 7.77. The fourth-order valence-corrected chi connectivity index (χ4v) is 1.14. The Morgan fingerprint density at radius 3 is 1.79 bits per heavy atom. The summed E-state index contributed by atoms with van der Waals surface area (Å²) in [4.78, 5) is 0. The number of hydrogen-bond acceptors (Lipinski definition) is 4. The Bertz CT molecular complexity index is 253. The largest absolute Gasteiger partial charge is 0.454 e.